The number of rotatable bonds is 4. The van der Waals surface area contributed by atoms with E-state index < -0.39 is 0 Å². The molecule has 0 atom stereocenters. The van der Waals surface area contributed by atoms with Gasteiger partial charge in [0.1, 0.15) is 5.75 Å². The van der Waals surface area contributed by atoms with Crippen molar-refractivity contribution >= 4 is 29.0 Å². The van der Waals surface area contributed by atoms with Gasteiger partial charge in [0.05, 0.1) is 12.2 Å². The van der Waals surface area contributed by atoms with Crippen molar-refractivity contribution in [1.82, 2.24) is 0 Å². The normalized spacial score (nSPS) is 12.7. The summed E-state index contributed by atoms with van der Waals surface area (Å²) in [4.78, 5) is 26.4. The number of hydrogen-bond donors (Lipinski definition) is 2. The van der Waals surface area contributed by atoms with Crippen LogP contribution in [0.3, 0.4) is 0 Å². The summed E-state index contributed by atoms with van der Waals surface area (Å²) >= 11 is 0. The molecule has 0 unspecified atom stereocenters. The van der Waals surface area contributed by atoms with E-state index in [0.717, 1.165) is 5.56 Å². The lowest BCUT2D eigenvalue weighted by Gasteiger charge is -2.30. The van der Waals surface area contributed by atoms with Gasteiger partial charge in [-0.1, -0.05) is 48.5 Å². The van der Waals surface area contributed by atoms with E-state index in [1.807, 2.05) is 48.5 Å². The van der Waals surface area contributed by atoms with Crippen molar-refractivity contribution in [1.29, 1.82) is 0 Å². The van der Waals surface area contributed by atoms with Crippen molar-refractivity contribution < 1.29 is 14.3 Å². The predicted molar refractivity (Wildman–Crippen MR) is 109 cm³/mol. The average Bonchev–Trinajstić information content (AvgIpc) is 2.72. The molecular weight excluding hydrogens is 354 g/mol. The minimum Gasteiger partial charge on any atom is -0.482 e. The van der Waals surface area contributed by atoms with Crippen LogP contribution in [0.4, 0.5) is 21.9 Å². The highest BCUT2D eigenvalue weighted by atomic mass is 16.5. The molecular formula is C22H19N3O3. The Balaban J connectivity index is 1.54. The molecule has 1 aliphatic heterocycles. The molecule has 6 nitrogen and oxygen atoms in total. The number of ether oxygens (including phenoxy) is 1. The minimum absolute atomic E-state index is 0.00109. The molecule has 1 aliphatic rings. The number of hydrogen-bond acceptors (Lipinski definition) is 3. The first-order valence-corrected chi connectivity index (χ1v) is 8.93. The number of amides is 3. The van der Waals surface area contributed by atoms with Crippen molar-refractivity contribution in [3.63, 3.8) is 0 Å². The molecule has 1 heterocycles. The zero-order chi connectivity index (χ0) is 19.3. The number of carbonyl (C=O) groups excluding carboxylic acids is 2. The first-order chi connectivity index (χ1) is 13.7. The second kappa shape index (κ2) is 7.84. The lowest BCUT2D eigenvalue weighted by Crippen LogP contribution is -2.38. The molecule has 0 bridgehead atoms. The third kappa shape index (κ3) is 3.96. The van der Waals surface area contributed by atoms with Gasteiger partial charge in [-0.15, -0.1) is 0 Å². The van der Waals surface area contributed by atoms with Crippen LogP contribution in [0.15, 0.2) is 78.9 Å². The number of carbonyl (C=O) groups is 2. The monoisotopic (exact) mass is 373 g/mol. The van der Waals surface area contributed by atoms with E-state index in [-0.39, 0.29) is 18.5 Å². The topological polar surface area (TPSA) is 70.7 Å². The fraction of sp³-hybridized carbons (Fsp3) is 0.0909. The summed E-state index contributed by atoms with van der Waals surface area (Å²) in [5.41, 5.74) is 2.92. The molecule has 28 heavy (non-hydrogen) atoms. The van der Waals surface area contributed by atoms with Gasteiger partial charge in [-0.3, -0.25) is 4.79 Å². The zero-order valence-electron chi connectivity index (χ0n) is 15.1. The Bertz CT molecular complexity index is 990. The second-order valence-corrected chi connectivity index (χ2v) is 6.38. The van der Waals surface area contributed by atoms with E-state index >= 15 is 0 Å². The number of nitrogens with one attached hydrogen (secondary N) is 2. The van der Waals surface area contributed by atoms with Crippen molar-refractivity contribution in [2.45, 2.75) is 6.54 Å². The van der Waals surface area contributed by atoms with Gasteiger partial charge in [-0.25, -0.2) is 4.79 Å². The Labute approximate surface area is 162 Å². The highest BCUT2D eigenvalue weighted by molar-refractivity contribution is 6.02. The van der Waals surface area contributed by atoms with Crippen LogP contribution in [0.1, 0.15) is 5.56 Å². The van der Waals surface area contributed by atoms with E-state index in [1.54, 1.807) is 35.2 Å². The van der Waals surface area contributed by atoms with Crippen molar-refractivity contribution in [3.05, 3.63) is 84.4 Å². The van der Waals surface area contributed by atoms with Gasteiger partial charge in [0, 0.05) is 11.4 Å². The molecule has 140 valence electrons. The van der Waals surface area contributed by atoms with Gasteiger partial charge in [0.25, 0.3) is 5.91 Å². The Kier molecular flexibility index (Phi) is 4.93. The van der Waals surface area contributed by atoms with E-state index in [4.69, 9.17) is 4.74 Å². The molecule has 3 amide bonds. The summed E-state index contributed by atoms with van der Waals surface area (Å²) in [5, 5.41) is 5.56. The molecule has 6 heteroatoms. The summed E-state index contributed by atoms with van der Waals surface area (Å²) < 4.78 is 5.54. The van der Waals surface area contributed by atoms with Crippen LogP contribution in [0.25, 0.3) is 0 Å². The lowest BCUT2D eigenvalue weighted by molar-refractivity contribution is -0.121. The highest BCUT2D eigenvalue weighted by Crippen LogP contribution is 2.35. The van der Waals surface area contributed by atoms with Crippen LogP contribution in [0.2, 0.25) is 0 Å². The lowest BCUT2D eigenvalue weighted by atomic mass is 10.1. The maximum Gasteiger partial charge on any atom is 0.323 e. The van der Waals surface area contributed by atoms with Crippen LogP contribution in [-0.4, -0.2) is 18.5 Å². The van der Waals surface area contributed by atoms with Gasteiger partial charge in [0.15, 0.2) is 6.61 Å². The van der Waals surface area contributed by atoms with Gasteiger partial charge >= 0.3 is 6.03 Å². The smallest absolute Gasteiger partial charge is 0.323 e. The van der Waals surface area contributed by atoms with Crippen LogP contribution < -0.4 is 20.3 Å². The third-order valence-corrected chi connectivity index (χ3v) is 4.37. The summed E-state index contributed by atoms with van der Waals surface area (Å²) in [6.45, 7) is 0.441. The molecule has 0 fully saturated rings. The first-order valence-electron chi connectivity index (χ1n) is 8.93. The number of urea groups is 1. The molecule has 0 saturated heterocycles. The largest absolute Gasteiger partial charge is 0.482 e. The van der Waals surface area contributed by atoms with E-state index in [0.29, 0.717) is 29.4 Å². The predicted octanol–water partition coefficient (Wildman–Crippen LogP) is 4.26. The SMILES string of the molecule is O=C(Nc1ccccc1)Nc1ccc2c(c1)N(Cc1ccccc1)C(=O)CO2. The van der Waals surface area contributed by atoms with Crippen molar-refractivity contribution in [2.75, 3.05) is 22.1 Å². The fourth-order valence-corrected chi connectivity index (χ4v) is 3.03. The summed E-state index contributed by atoms with van der Waals surface area (Å²) in [6, 6.07) is 23.8. The van der Waals surface area contributed by atoms with E-state index in [2.05, 4.69) is 10.6 Å². The van der Waals surface area contributed by atoms with E-state index in [1.165, 1.54) is 0 Å². The third-order valence-electron chi connectivity index (χ3n) is 4.37. The molecule has 0 spiro atoms. The van der Waals surface area contributed by atoms with Gasteiger partial charge < -0.3 is 20.3 Å². The molecule has 3 aromatic carbocycles. The zero-order valence-corrected chi connectivity index (χ0v) is 15.1. The number of benzene rings is 3. The first kappa shape index (κ1) is 17.6. The molecule has 0 radical (unpaired) electrons. The maximum absolute atomic E-state index is 12.4. The van der Waals surface area contributed by atoms with Gasteiger partial charge in [-0.2, -0.15) is 0 Å². The van der Waals surface area contributed by atoms with Crippen molar-refractivity contribution in [3.8, 4) is 5.75 Å². The number of para-hydroxylation sites is 1. The summed E-state index contributed by atoms with van der Waals surface area (Å²) in [5.74, 6) is 0.492. The Morgan fingerprint density at radius 2 is 1.57 bits per heavy atom. The van der Waals surface area contributed by atoms with Crippen LogP contribution >= 0.6 is 0 Å². The molecule has 0 aromatic heterocycles. The standard InChI is InChI=1S/C22H19N3O3/c26-21-15-28-20-12-11-18(24-22(27)23-17-9-5-2-6-10-17)13-19(20)25(21)14-16-7-3-1-4-8-16/h1-13H,14-15H2,(H2,23,24,27). The fourth-order valence-electron chi connectivity index (χ4n) is 3.03. The summed E-state index contributed by atoms with van der Waals surface area (Å²) in [7, 11) is 0. The second-order valence-electron chi connectivity index (χ2n) is 6.38. The van der Waals surface area contributed by atoms with Crippen LogP contribution in [-0.2, 0) is 11.3 Å². The average molecular weight is 373 g/mol. The molecule has 0 aliphatic carbocycles. The van der Waals surface area contributed by atoms with Crippen molar-refractivity contribution in [2.24, 2.45) is 0 Å². The van der Waals surface area contributed by atoms with Crippen LogP contribution in [0.5, 0.6) is 5.75 Å². The molecule has 2 N–H and O–H groups in total. The Hall–Kier alpha value is -3.80. The molecule has 4 rings (SSSR count). The molecule has 0 saturated carbocycles. The number of nitrogens with zero attached hydrogens (tertiary/aromatic N) is 1. The minimum atomic E-state index is -0.358. The highest BCUT2D eigenvalue weighted by Gasteiger charge is 2.26. The Morgan fingerprint density at radius 1 is 0.893 bits per heavy atom. The van der Waals surface area contributed by atoms with Gasteiger partial charge in [0.2, 0.25) is 0 Å². The van der Waals surface area contributed by atoms with Crippen LogP contribution in [0, 0.1) is 0 Å². The van der Waals surface area contributed by atoms with E-state index in [9.17, 15) is 9.59 Å². The Morgan fingerprint density at radius 3 is 2.32 bits per heavy atom. The number of anilines is 3. The molecule has 3 aromatic rings. The quantitative estimate of drug-likeness (QED) is 0.718. The van der Waals surface area contributed by atoms with Gasteiger partial charge in [-0.05, 0) is 35.9 Å². The maximum atomic E-state index is 12.4. The summed E-state index contributed by atoms with van der Waals surface area (Å²) in [6.07, 6.45) is 0. The number of fused-ring (bicyclic) bond motifs is 1.